The van der Waals surface area contributed by atoms with E-state index in [-0.39, 0.29) is 18.9 Å². The zero-order valence-corrected chi connectivity index (χ0v) is 21.5. The first kappa shape index (κ1) is 25.4. The van der Waals surface area contributed by atoms with Gasteiger partial charge in [-0.1, -0.05) is 0 Å². The van der Waals surface area contributed by atoms with Crippen LogP contribution in [0.1, 0.15) is 0 Å². The van der Waals surface area contributed by atoms with Crippen LogP contribution in [0.15, 0.2) is 91.0 Å². The number of ether oxygens (including phenoxy) is 1. The number of halogens is 1. The van der Waals surface area contributed by atoms with E-state index in [2.05, 4.69) is 69.8 Å². The van der Waals surface area contributed by atoms with Gasteiger partial charge in [-0.05, 0) is 0 Å². The van der Waals surface area contributed by atoms with Crippen LogP contribution in [-0.2, 0) is 14.3 Å². The molecule has 3 aromatic rings. The van der Waals surface area contributed by atoms with Gasteiger partial charge < -0.3 is 0 Å². The molecule has 8 heteroatoms. The fourth-order valence-electron chi connectivity index (χ4n) is 3.81. The van der Waals surface area contributed by atoms with Gasteiger partial charge in [-0.2, -0.15) is 0 Å². The van der Waals surface area contributed by atoms with E-state index in [0.29, 0.717) is 6.16 Å². The van der Waals surface area contributed by atoms with E-state index in [1.54, 1.807) is 0 Å². The van der Waals surface area contributed by atoms with Crippen LogP contribution in [0.3, 0.4) is 0 Å². The van der Waals surface area contributed by atoms with Crippen molar-refractivity contribution in [1.82, 2.24) is 5.32 Å². The standard InChI is InChI=1S/C25H28BrN2O3PS/c26-32(20-10-4-1-5-11-20,21-12-6-2-7-13-21,22-14-8-3-9-15-22)17-16-31-24(29)18-28-25(30)23(27)19-33/h1-15,23,33H,16-19,27H2,(H,28,30)/t23-/m0/s1. The number of benzene rings is 3. The Hall–Kier alpha value is -2.18. The normalized spacial score (nSPS) is 13.4. The Morgan fingerprint density at radius 2 is 1.30 bits per heavy atom. The van der Waals surface area contributed by atoms with E-state index in [1.807, 2.05) is 54.6 Å². The Balaban J connectivity index is 1.92. The van der Waals surface area contributed by atoms with Crippen LogP contribution in [-0.4, -0.2) is 43.0 Å². The second-order valence-electron chi connectivity index (χ2n) is 7.64. The third-order valence-electron chi connectivity index (χ3n) is 5.60. The maximum atomic E-state index is 12.4. The third kappa shape index (κ3) is 5.49. The summed E-state index contributed by atoms with van der Waals surface area (Å²) in [7, 11) is 0. The molecular formula is C25H28BrN2O3PS. The fourth-order valence-corrected chi connectivity index (χ4v) is 11.0. The van der Waals surface area contributed by atoms with Crippen LogP contribution >= 0.6 is 33.4 Å². The number of nitrogens with one attached hydrogen (secondary N) is 1. The summed E-state index contributed by atoms with van der Waals surface area (Å²) in [4.78, 5) is 24.2. The summed E-state index contributed by atoms with van der Waals surface area (Å²) in [6.07, 6.45) is 0.555. The van der Waals surface area contributed by atoms with E-state index in [1.165, 1.54) is 0 Å². The van der Waals surface area contributed by atoms with E-state index >= 15 is 0 Å². The number of carbonyl (C=O) groups excluding carboxylic acids is 2. The van der Waals surface area contributed by atoms with Crippen molar-refractivity contribution in [1.29, 1.82) is 0 Å². The number of amides is 1. The van der Waals surface area contributed by atoms with Crippen LogP contribution in [0.5, 0.6) is 0 Å². The van der Waals surface area contributed by atoms with Gasteiger partial charge in [0, 0.05) is 0 Å². The van der Waals surface area contributed by atoms with Gasteiger partial charge in [-0.25, -0.2) is 0 Å². The van der Waals surface area contributed by atoms with Gasteiger partial charge in [0.15, 0.2) is 0 Å². The molecule has 0 fully saturated rings. The molecule has 0 spiro atoms. The number of rotatable bonds is 10. The Labute approximate surface area is 208 Å². The molecule has 0 aliphatic rings. The molecule has 0 aromatic heterocycles. The average Bonchev–Trinajstić information content (AvgIpc) is 2.88. The Morgan fingerprint density at radius 1 is 0.879 bits per heavy atom. The van der Waals surface area contributed by atoms with Crippen LogP contribution in [0.4, 0.5) is 0 Å². The van der Waals surface area contributed by atoms with Gasteiger partial charge in [0.25, 0.3) is 0 Å². The van der Waals surface area contributed by atoms with E-state index in [0.717, 1.165) is 15.9 Å². The molecule has 0 bridgehead atoms. The monoisotopic (exact) mass is 546 g/mol. The van der Waals surface area contributed by atoms with Crippen molar-refractivity contribution in [2.75, 3.05) is 25.1 Å². The van der Waals surface area contributed by atoms with E-state index < -0.39 is 23.2 Å². The van der Waals surface area contributed by atoms with E-state index in [4.69, 9.17) is 10.5 Å². The molecular weight excluding hydrogens is 519 g/mol. The van der Waals surface area contributed by atoms with Gasteiger partial charge in [0.2, 0.25) is 0 Å². The van der Waals surface area contributed by atoms with Gasteiger partial charge >= 0.3 is 209 Å². The Bertz CT molecular complexity index is 971. The van der Waals surface area contributed by atoms with E-state index in [9.17, 15) is 9.59 Å². The van der Waals surface area contributed by atoms with Crippen molar-refractivity contribution in [2.24, 2.45) is 5.73 Å². The topological polar surface area (TPSA) is 81.4 Å². The quantitative estimate of drug-likeness (QED) is 0.207. The predicted octanol–water partition coefficient (Wildman–Crippen LogP) is 2.74. The van der Waals surface area contributed by atoms with Crippen LogP contribution in [0.25, 0.3) is 0 Å². The number of nitrogens with two attached hydrogens (primary N) is 1. The molecule has 0 unspecified atom stereocenters. The van der Waals surface area contributed by atoms with Crippen molar-refractivity contribution in [3.05, 3.63) is 91.0 Å². The zero-order chi connectivity index (χ0) is 23.8. The molecule has 3 rings (SSSR count). The molecule has 0 heterocycles. The van der Waals surface area contributed by atoms with Crippen molar-refractivity contribution < 1.29 is 14.3 Å². The average molecular weight is 547 g/mol. The Kier molecular flexibility index (Phi) is 8.71. The second kappa shape index (κ2) is 11.3. The summed E-state index contributed by atoms with van der Waals surface area (Å²) in [5.74, 6) is -0.744. The minimum absolute atomic E-state index is 0.176. The summed E-state index contributed by atoms with van der Waals surface area (Å²) < 4.78 is 5.58. The van der Waals surface area contributed by atoms with Crippen LogP contribution in [0.2, 0.25) is 0 Å². The van der Waals surface area contributed by atoms with Gasteiger partial charge in [-0.15, -0.1) is 0 Å². The molecule has 3 aromatic carbocycles. The second-order valence-corrected chi connectivity index (χ2v) is 17.1. The predicted molar refractivity (Wildman–Crippen MR) is 145 cm³/mol. The van der Waals surface area contributed by atoms with Crippen molar-refractivity contribution in [3.8, 4) is 0 Å². The molecule has 3 N–H and O–H groups in total. The molecule has 0 saturated carbocycles. The third-order valence-corrected chi connectivity index (χ3v) is 15.9. The van der Waals surface area contributed by atoms with Crippen LogP contribution < -0.4 is 27.0 Å². The number of carbonyl (C=O) groups is 2. The van der Waals surface area contributed by atoms with Crippen molar-refractivity contribution in [2.45, 2.75) is 6.04 Å². The molecule has 1 amide bonds. The van der Waals surface area contributed by atoms with Gasteiger partial charge in [-0.3, -0.25) is 0 Å². The number of hydrogen-bond donors (Lipinski definition) is 3. The first-order chi connectivity index (χ1) is 15.9. The molecule has 1 atom stereocenters. The summed E-state index contributed by atoms with van der Waals surface area (Å²) in [6, 6.07) is 30.1. The molecule has 174 valence electrons. The molecule has 0 radical (unpaired) electrons. The molecule has 33 heavy (non-hydrogen) atoms. The molecule has 0 saturated heterocycles. The molecule has 5 nitrogen and oxygen atoms in total. The number of thiol groups is 1. The fraction of sp³-hybridized carbons (Fsp3) is 0.200. The minimum atomic E-state index is -3.16. The SMILES string of the molecule is N[C@@H](CS)C(=O)NCC(=O)OCCP(Br)(c1ccccc1)(c1ccccc1)c1ccccc1. The maximum absolute atomic E-state index is 12.4. The summed E-state index contributed by atoms with van der Waals surface area (Å²) in [5, 5.41) is 2.77. The summed E-state index contributed by atoms with van der Waals surface area (Å²) in [5.41, 5.74) is 5.63. The number of hydrogen-bond acceptors (Lipinski definition) is 5. The molecule has 0 aliphatic heterocycles. The van der Waals surface area contributed by atoms with Gasteiger partial charge in [0.05, 0.1) is 0 Å². The van der Waals surface area contributed by atoms with Crippen LogP contribution in [0, 0.1) is 0 Å². The molecule has 0 aliphatic carbocycles. The zero-order valence-electron chi connectivity index (χ0n) is 18.1. The van der Waals surface area contributed by atoms with Crippen molar-refractivity contribution in [3.63, 3.8) is 0 Å². The van der Waals surface area contributed by atoms with Crippen molar-refractivity contribution >= 4 is 61.2 Å². The Morgan fingerprint density at radius 3 is 1.70 bits per heavy atom. The summed E-state index contributed by atoms with van der Waals surface area (Å²) in [6.45, 7) is -0.0599. The number of esters is 1. The van der Waals surface area contributed by atoms with Gasteiger partial charge in [0.1, 0.15) is 0 Å². The first-order valence-corrected chi connectivity index (χ1v) is 15.7. The summed E-state index contributed by atoms with van der Waals surface area (Å²) >= 11 is 8.30. The first-order valence-electron chi connectivity index (χ1n) is 10.6.